The fraction of sp³-hybridized carbons (Fsp3) is 0.259. The van der Waals surface area contributed by atoms with Gasteiger partial charge in [-0.15, -0.1) is 0 Å². The van der Waals surface area contributed by atoms with Gasteiger partial charge in [0.15, 0.2) is 5.65 Å². The first-order chi connectivity index (χ1) is 18.3. The Hall–Kier alpha value is -4.09. The van der Waals surface area contributed by atoms with Crippen molar-refractivity contribution in [2.45, 2.75) is 37.2 Å². The molecule has 2 aromatic carbocycles. The van der Waals surface area contributed by atoms with Crippen LogP contribution in [0.25, 0.3) is 22.3 Å². The number of nitrogens with one attached hydrogen (secondary N) is 1. The molecule has 196 valence electrons. The molecule has 4 aromatic rings. The van der Waals surface area contributed by atoms with Crippen LogP contribution in [-0.4, -0.2) is 52.1 Å². The van der Waals surface area contributed by atoms with E-state index in [0.29, 0.717) is 35.6 Å². The number of nitrogens with zero attached hydrogens (tertiary/aromatic N) is 5. The molecule has 1 amide bonds. The molecule has 5 rings (SSSR count). The lowest BCUT2D eigenvalue weighted by molar-refractivity contribution is -0.127. The van der Waals surface area contributed by atoms with Crippen molar-refractivity contribution < 1.29 is 13.2 Å². The molecule has 0 aliphatic carbocycles. The largest absolute Gasteiger partial charge is 0.383 e. The quantitative estimate of drug-likeness (QED) is 0.350. The number of carbonyl (C=O) groups excluding carboxylic acids is 1. The number of rotatable bonds is 7. The zero-order valence-electron chi connectivity index (χ0n) is 21.0. The number of aryl methyl sites for hydroxylation is 1. The Morgan fingerprint density at radius 3 is 2.61 bits per heavy atom. The van der Waals surface area contributed by atoms with E-state index in [9.17, 15) is 13.2 Å². The van der Waals surface area contributed by atoms with E-state index >= 15 is 0 Å². The number of benzene rings is 2. The Morgan fingerprint density at radius 1 is 1.16 bits per heavy atom. The van der Waals surface area contributed by atoms with Gasteiger partial charge in [-0.2, -0.15) is 5.10 Å². The highest BCUT2D eigenvalue weighted by Gasteiger charge is 2.28. The van der Waals surface area contributed by atoms with Gasteiger partial charge < -0.3 is 10.6 Å². The zero-order chi connectivity index (χ0) is 26.9. The minimum Gasteiger partial charge on any atom is -0.383 e. The molecule has 1 atom stereocenters. The third-order valence-electron chi connectivity index (χ3n) is 6.77. The molecule has 38 heavy (non-hydrogen) atoms. The van der Waals surface area contributed by atoms with Crippen molar-refractivity contribution in [3.8, 4) is 11.3 Å². The number of aromatic nitrogens is 4. The van der Waals surface area contributed by atoms with Crippen molar-refractivity contribution in [3.63, 3.8) is 0 Å². The summed E-state index contributed by atoms with van der Waals surface area (Å²) in [6.45, 7) is 6.84. The minimum atomic E-state index is -3.63. The molecule has 3 N–H and O–H groups in total. The van der Waals surface area contributed by atoms with E-state index in [1.54, 1.807) is 29.2 Å². The second-order valence-corrected chi connectivity index (χ2v) is 11.1. The lowest BCUT2D eigenvalue weighted by atomic mass is 10.1. The Labute approximate surface area is 221 Å². The van der Waals surface area contributed by atoms with Crippen LogP contribution in [0.2, 0.25) is 0 Å². The predicted octanol–water partition coefficient (Wildman–Crippen LogP) is 3.21. The highest BCUT2D eigenvalue weighted by molar-refractivity contribution is 7.89. The van der Waals surface area contributed by atoms with Crippen molar-refractivity contribution in [2.75, 3.05) is 18.8 Å². The molecular formula is C27H29N7O3S. The molecule has 0 spiro atoms. The second kappa shape index (κ2) is 10.3. The van der Waals surface area contributed by atoms with E-state index in [1.165, 1.54) is 12.4 Å². The maximum Gasteiger partial charge on any atom is 0.246 e. The number of carbonyl (C=O) groups is 1. The van der Waals surface area contributed by atoms with Crippen molar-refractivity contribution in [3.05, 3.63) is 78.6 Å². The standard InChI is InChI=1S/C27H29N7O3S/c1-3-23(35)33-14-4-5-21(16-33)34-27-24(26(28)29-17-30-27)25(32-34)20-10-8-19(9-11-20)15-31-38(36,37)22-12-6-18(2)7-13-22/h3,6-13,17,21,31H,1,4-5,14-16H2,2H3,(H2,28,29,30). The Kier molecular flexibility index (Phi) is 6.96. The molecule has 1 aliphatic heterocycles. The van der Waals surface area contributed by atoms with Crippen LogP contribution < -0.4 is 10.5 Å². The minimum absolute atomic E-state index is 0.0614. The number of fused-ring (bicyclic) bond motifs is 1. The molecule has 0 radical (unpaired) electrons. The van der Waals surface area contributed by atoms with Crippen LogP contribution in [0.1, 0.15) is 30.0 Å². The number of hydrogen-bond acceptors (Lipinski definition) is 7. The molecule has 0 bridgehead atoms. The van der Waals surface area contributed by atoms with Crippen molar-refractivity contribution in [2.24, 2.45) is 0 Å². The molecule has 1 unspecified atom stereocenters. The SMILES string of the molecule is C=CC(=O)N1CCCC(n2nc(-c3ccc(CNS(=O)(=O)c4ccc(C)cc4)cc3)c3c(N)ncnc32)C1. The van der Waals surface area contributed by atoms with Gasteiger partial charge in [-0.1, -0.05) is 48.5 Å². The van der Waals surface area contributed by atoms with Gasteiger partial charge in [-0.05, 0) is 43.5 Å². The van der Waals surface area contributed by atoms with E-state index in [4.69, 9.17) is 10.8 Å². The van der Waals surface area contributed by atoms with E-state index in [1.807, 2.05) is 35.9 Å². The van der Waals surface area contributed by atoms with Crippen LogP contribution in [0.4, 0.5) is 5.82 Å². The molecule has 1 aliphatic rings. The summed E-state index contributed by atoms with van der Waals surface area (Å²) in [5.41, 5.74) is 10.1. The van der Waals surface area contributed by atoms with Crippen LogP contribution in [0.15, 0.2) is 72.4 Å². The van der Waals surface area contributed by atoms with Crippen LogP contribution in [0.3, 0.4) is 0 Å². The topological polar surface area (TPSA) is 136 Å². The Morgan fingerprint density at radius 2 is 1.89 bits per heavy atom. The van der Waals surface area contributed by atoms with E-state index in [0.717, 1.165) is 29.5 Å². The number of likely N-dealkylation sites (tertiary alicyclic amines) is 1. The Balaban J connectivity index is 1.40. The summed E-state index contributed by atoms with van der Waals surface area (Å²) in [4.78, 5) is 22.9. The molecule has 10 nitrogen and oxygen atoms in total. The number of nitrogens with two attached hydrogens (primary N) is 1. The van der Waals surface area contributed by atoms with E-state index in [2.05, 4.69) is 21.3 Å². The maximum absolute atomic E-state index is 12.6. The molecule has 0 saturated carbocycles. The monoisotopic (exact) mass is 531 g/mol. The number of piperidine rings is 1. The van der Waals surface area contributed by atoms with Crippen molar-refractivity contribution >= 4 is 32.8 Å². The lowest BCUT2D eigenvalue weighted by Crippen LogP contribution is -2.40. The fourth-order valence-electron chi connectivity index (χ4n) is 4.70. The van der Waals surface area contributed by atoms with Crippen LogP contribution in [-0.2, 0) is 21.4 Å². The summed E-state index contributed by atoms with van der Waals surface area (Å²) in [5, 5.41) is 5.53. The highest BCUT2D eigenvalue weighted by atomic mass is 32.2. The highest BCUT2D eigenvalue weighted by Crippen LogP contribution is 2.34. The molecule has 11 heteroatoms. The van der Waals surface area contributed by atoms with Gasteiger partial charge in [0.1, 0.15) is 17.8 Å². The number of amides is 1. The van der Waals surface area contributed by atoms with E-state index < -0.39 is 10.0 Å². The molecule has 2 aromatic heterocycles. The summed E-state index contributed by atoms with van der Waals surface area (Å²) < 4.78 is 29.8. The maximum atomic E-state index is 12.6. The smallest absolute Gasteiger partial charge is 0.246 e. The third-order valence-corrected chi connectivity index (χ3v) is 8.19. The van der Waals surface area contributed by atoms with E-state index in [-0.39, 0.29) is 23.4 Å². The average molecular weight is 532 g/mol. The number of sulfonamides is 1. The number of hydrogen-bond donors (Lipinski definition) is 2. The molecule has 1 fully saturated rings. The Bertz CT molecular complexity index is 1600. The summed E-state index contributed by atoms with van der Waals surface area (Å²) in [5.74, 6) is 0.218. The first-order valence-corrected chi connectivity index (χ1v) is 13.8. The molecule has 1 saturated heterocycles. The normalized spacial score (nSPS) is 16.0. The molecule has 3 heterocycles. The van der Waals surface area contributed by atoms with Gasteiger partial charge in [0.2, 0.25) is 15.9 Å². The van der Waals surface area contributed by atoms with Gasteiger partial charge in [0, 0.05) is 25.2 Å². The predicted molar refractivity (Wildman–Crippen MR) is 145 cm³/mol. The van der Waals surface area contributed by atoms with Gasteiger partial charge >= 0.3 is 0 Å². The first-order valence-electron chi connectivity index (χ1n) is 12.3. The number of anilines is 1. The molecular weight excluding hydrogens is 502 g/mol. The van der Waals surface area contributed by atoms with Gasteiger partial charge in [0.25, 0.3) is 0 Å². The summed E-state index contributed by atoms with van der Waals surface area (Å²) in [6.07, 6.45) is 4.44. The fourth-order valence-corrected chi connectivity index (χ4v) is 5.71. The van der Waals surface area contributed by atoms with Gasteiger partial charge in [-0.3, -0.25) is 4.79 Å². The zero-order valence-corrected chi connectivity index (χ0v) is 21.9. The lowest BCUT2D eigenvalue weighted by Gasteiger charge is -2.32. The van der Waals surface area contributed by atoms with Gasteiger partial charge in [-0.25, -0.2) is 27.8 Å². The van der Waals surface area contributed by atoms with Crippen LogP contribution in [0, 0.1) is 6.92 Å². The summed E-state index contributed by atoms with van der Waals surface area (Å²) in [7, 11) is -3.63. The number of nitrogen functional groups attached to an aromatic ring is 1. The third kappa shape index (κ3) is 5.02. The van der Waals surface area contributed by atoms with Crippen LogP contribution >= 0.6 is 0 Å². The summed E-state index contributed by atoms with van der Waals surface area (Å²) >= 11 is 0. The average Bonchev–Trinajstić information content (AvgIpc) is 3.33. The van der Waals surface area contributed by atoms with Crippen molar-refractivity contribution in [1.82, 2.24) is 29.4 Å². The van der Waals surface area contributed by atoms with Gasteiger partial charge in [0.05, 0.1) is 16.3 Å². The first kappa shape index (κ1) is 25.6. The van der Waals surface area contributed by atoms with Crippen molar-refractivity contribution in [1.29, 1.82) is 0 Å². The van der Waals surface area contributed by atoms with Crippen LogP contribution in [0.5, 0.6) is 0 Å². The summed E-state index contributed by atoms with van der Waals surface area (Å²) in [6, 6.07) is 14.1. The second-order valence-electron chi connectivity index (χ2n) is 9.37.